The number of benzene rings is 2. The Morgan fingerprint density at radius 1 is 0.769 bits per heavy atom. The highest BCUT2D eigenvalue weighted by Gasteiger charge is 2.25. The summed E-state index contributed by atoms with van der Waals surface area (Å²) in [6.07, 6.45) is -3.54. The molecule has 0 aliphatic carbocycles. The van der Waals surface area contributed by atoms with E-state index in [0.29, 0.717) is 0 Å². The van der Waals surface area contributed by atoms with Gasteiger partial charge >= 0.3 is 6.18 Å². The Kier molecular flexibility index (Phi) is 6.29. The van der Waals surface area contributed by atoms with Crippen molar-refractivity contribution in [1.29, 1.82) is 0 Å². The third-order valence-corrected chi connectivity index (χ3v) is 3.64. The van der Waals surface area contributed by atoms with E-state index in [2.05, 4.69) is 0 Å². The Bertz CT molecular complexity index is 796. The van der Waals surface area contributed by atoms with Crippen LogP contribution in [0.25, 0.3) is 17.5 Å². The van der Waals surface area contributed by atoms with Gasteiger partial charge in [-0.15, -0.1) is 0 Å². The third-order valence-electron chi connectivity index (χ3n) is 3.64. The Balaban J connectivity index is 2.26. The number of alkyl halides is 3. The van der Waals surface area contributed by atoms with Crippen LogP contribution in [0.15, 0.2) is 54.6 Å². The van der Waals surface area contributed by atoms with Crippen LogP contribution in [0.2, 0.25) is 0 Å². The maximum absolute atomic E-state index is 14.3. The van der Waals surface area contributed by atoms with Crippen LogP contribution >= 0.6 is 0 Å². The van der Waals surface area contributed by atoms with E-state index in [9.17, 15) is 26.3 Å². The van der Waals surface area contributed by atoms with Crippen LogP contribution in [0, 0.1) is 0 Å². The predicted octanol–water partition coefficient (Wildman–Crippen LogP) is 7.28. The molecular weight excluding hydrogens is 354 g/mol. The van der Waals surface area contributed by atoms with Gasteiger partial charge in [0.15, 0.2) is 11.7 Å². The third kappa shape index (κ3) is 5.25. The van der Waals surface area contributed by atoms with Crippen LogP contribution in [0.3, 0.4) is 0 Å². The summed E-state index contributed by atoms with van der Waals surface area (Å²) in [5.74, 6) is -3.76. The van der Waals surface area contributed by atoms with Crippen molar-refractivity contribution in [3.63, 3.8) is 0 Å². The molecule has 0 N–H and O–H groups in total. The summed E-state index contributed by atoms with van der Waals surface area (Å²) in [6.45, 7) is 2.00. The molecule has 26 heavy (non-hydrogen) atoms. The van der Waals surface area contributed by atoms with Gasteiger partial charge < -0.3 is 0 Å². The summed E-state index contributed by atoms with van der Waals surface area (Å²) in [4.78, 5) is 0. The van der Waals surface area contributed by atoms with Crippen molar-refractivity contribution in [2.45, 2.75) is 25.9 Å². The minimum absolute atomic E-state index is 0.0505. The maximum Gasteiger partial charge on any atom is 0.412 e. The Morgan fingerprint density at radius 2 is 1.19 bits per heavy atom. The average Bonchev–Trinajstić information content (AvgIpc) is 2.60. The fraction of sp³-hybridized carbons (Fsp3) is 0.200. The summed E-state index contributed by atoms with van der Waals surface area (Å²) >= 11 is 0. The monoisotopic (exact) mass is 370 g/mol. The molecule has 0 amide bonds. The molecule has 2 aromatic rings. The molecule has 0 bridgehead atoms. The second-order valence-corrected chi connectivity index (χ2v) is 5.69. The standard InChI is InChI=1S/C20H16F6/c1-2-3-13-4-6-15(7-5-13)18(22)19(23)16-10-8-14(9-11-16)17(21)12-20(24,25)26/h4-12H,2-3H2,1H3/b17-12-,19-18+. The second kappa shape index (κ2) is 8.25. The van der Waals surface area contributed by atoms with Gasteiger partial charge in [0.25, 0.3) is 0 Å². The molecule has 0 aromatic heterocycles. The van der Waals surface area contributed by atoms with Crippen molar-refractivity contribution >= 4 is 17.5 Å². The van der Waals surface area contributed by atoms with E-state index in [1.165, 1.54) is 12.1 Å². The largest absolute Gasteiger partial charge is 0.412 e. The van der Waals surface area contributed by atoms with E-state index in [1.54, 1.807) is 12.1 Å². The van der Waals surface area contributed by atoms with Crippen molar-refractivity contribution in [2.75, 3.05) is 0 Å². The van der Waals surface area contributed by atoms with Crippen LogP contribution in [0.4, 0.5) is 26.3 Å². The first-order valence-corrected chi connectivity index (χ1v) is 7.91. The zero-order valence-electron chi connectivity index (χ0n) is 13.9. The summed E-state index contributed by atoms with van der Waals surface area (Å²) < 4.78 is 78.4. The quantitative estimate of drug-likeness (QED) is 0.383. The summed E-state index contributed by atoms with van der Waals surface area (Å²) in [5.41, 5.74) is 0.488. The fourth-order valence-corrected chi connectivity index (χ4v) is 2.36. The fourth-order valence-electron chi connectivity index (χ4n) is 2.36. The SMILES string of the molecule is CCCc1ccc(/C(F)=C(\F)c2ccc(/C(F)=C/C(F)(F)F)cc2)cc1. The van der Waals surface area contributed by atoms with Crippen molar-refractivity contribution < 1.29 is 26.3 Å². The highest BCUT2D eigenvalue weighted by atomic mass is 19.4. The number of halogens is 6. The summed E-state index contributed by atoms with van der Waals surface area (Å²) in [6, 6.07) is 10.3. The first kappa shape index (κ1) is 19.8. The van der Waals surface area contributed by atoms with E-state index < -0.39 is 29.7 Å². The molecule has 0 aliphatic rings. The van der Waals surface area contributed by atoms with Gasteiger partial charge in [-0.25, -0.2) is 13.2 Å². The van der Waals surface area contributed by atoms with Crippen molar-refractivity contribution in [3.8, 4) is 0 Å². The molecule has 2 aromatic carbocycles. The summed E-state index contributed by atoms with van der Waals surface area (Å²) in [7, 11) is 0. The lowest BCUT2D eigenvalue weighted by molar-refractivity contribution is -0.0798. The molecule has 6 heteroatoms. The molecule has 138 valence electrons. The van der Waals surface area contributed by atoms with Crippen LogP contribution in [0.1, 0.15) is 35.6 Å². The lowest BCUT2D eigenvalue weighted by atomic mass is 10.0. The molecule has 0 saturated heterocycles. The normalized spacial score (nSPS) is 13.6. The van der Waals surface area contributed by atoms with E-state index in [-0.39, 0.29) is 16.7 Å². The van der Waals surface area contributed by atoms with Crippen LogP contribution in [-0.4, -0.2) is 6.18 Å². The smallest absolute Gasteiger partial charge is 0.206 e. The highest BCUT2D eigenvalue weighted by molar-refractivity contribution is 5.83. The lowest BCUT2D eigenvalue weighted by Gasteiger charge is -2.05. The molecule has 0 heterocycles. The molecule has 0 unspecified atom stereocenters. The van der Waals surface area contributed by atoms with Gasteiger partial charge in [0.2, 0.25) is 0 Å². The predicted molar refractivity (Wildman–Crippen MR) is 91.0 cm³/mol. The molecule has 0 spiro atoms. The molecule has 0 nitrogen and oxygen atoms in total. The first-order chi connectivity index (χ1) is 12.2. The van der Waals surface area contributed by atoms with Crippen molar-refractivity contribution in [3.05, 3.63) is 76.9 Å². The van der Waals surface area contributed by atoms with Gasteiger partial charge in [0.1, 0.15) is 5.83 Å². The van der Waals surface area contributed by atoms with E-state index in [0.717, 1.165) is 42.7 Å². The number of hydrogen-bond acceptors (Lipinski definition) is 0. The van der Waals surface area contributed by atoms with Crippen LogP contribution < -0.4 is 0 Å². The van der Waals surface area contributed by atoms with E-state index in [1.807, 2.05) is 6.92 Å². The number of rotatable bonds is 5. The number of hydrogen-bond donors (Lipinski definition) is 0. The van der Waals surface area contributed by atoms with Gasteiger partial charge in [-0.05, 0) is 12.0 Å². The Morgan fingerprint density at radius 3 is 1.62 bits per heavy atom. The minimum atomic E-state index is -4.80. The molecule has 0 fully saturated rings. The van der Waals surface area contributed by atoms with Crippen molar-refractivity contribution in [2.24, 2.45) is 0 Å². The summed E-state index contributed by atoms with van der Waals surface area (Å²) in [5, 5.41) is 0. The molecule has 0 saturated carbocycles. The number of allylic oxidation sites excluding steroid dienone is 1. The van der Waals surface area contributed by atoms with Crippen LogP contribution in [-0.2, 0) is 6.42 Å². The number of aryl methyl sites for hydroxylation is 1. The topological polar surface area (TPSA) is 0 Å². The first-order valence-electron chi connectivity index (χ1n) is 7.91. The second-order valence-electron chi connectivity index (χ2n) is 5.69. The minimum Gasteiger partial charge on any atom is -0.206 e. The Hall–Kier alpha value is -2.50. The van der Waals surface area contributed by atoms with E-state index in [4.69, 9.17) is 0 Å². The van der Waals surface area contributed by atoms with Crippen molar-refractivity contribution in [1.82, 2.24) is 0 Å². The molecule has 0 radical (unpaired) electrons. The lowest BCUT2D eigenvalue weighted by Crippen LogP contribution is -2.01. The molecule has 0 aliphatic heterocycles. The van der Waals surface area contributed by atoms with E-state index >= 15 is 0 Å². The molecule has 2 rings (SSSR count). The van der Waals surface area contributed by atoms with Crippen LogP contribution in [0.5, 0.6) is 0 Å². The average molecular weight is 370 g/mol. The Labute approximate surface area is 147 Å². The van der Waals surface area contributed by atoms with Gasteiger partial charge in [-0.3, -0.25) is 0 Å². The highest BCUT2D eigenvalue weighted by Crippen LogP contribution is 2.31. The molecule has 0 atom stereocenters. The maximum atomic E-state index is 14.3. The zero-order valence-corrected chi connectivity index (χ0v) is 13.9. The van der Waals surface area contributed by atoms with Gasteiger partial charge in [-0.1, -0.05) is 61.9 Å². The van der Waals surface area contributed by atoms with Gasteiger partial charge in [0, 0.05) is 16.7 Å². The molecular formula is C20H16F6. The van der Waals surface area contributed by atoms with Gasteiger partial charge in [-0.2, -0.15) is 13.2 Å². The zero-order chi connectivity index (χ0) is 19.3. The van der Waals surface area contributed by atoms with Gasteiger partial charge in [0.05, 0.1) is 6.08 Å².